The van der Waals surface area contributed by atoms with Gasteiger partial charge in [0.05, 0.1) is 0 Å². The molecule has 0 saturated heterocycles. The molecule has 0 rings (SSSR count). The molecule has 7 heteroatoms. The lowest BCUT2D eigenvalue weighted by molar-refractivity contribution is -0.134. The van der Waals surface area contributed by atoms with E-state index in [1.54, 1.807) is 0 Å². The lowest BCUT2D eigenvalue weighted by Gasteiger charge is -2.36. The monoisotopic (exact) mass is 355 g/mol. The van der Waals surface area contributed by atoms with Crippen LogP contribution in [0.1, 0.15) is 12.8 Å². The van der Waals surface area contributed by atoms with Crippen molar-refractivity contribution in [2.24, 2.45) is 0 Å². The molecule has 20 heavy (non-hydrogen) atoms. The highest BCUT2D eigenvalue weighted by molar-refractivity contribution is 7.00. The summed E-state index contributed by atoms with van der Waals surface area (Å²) in [6.45, 7) is 14.0. The van der Waals surface area contributed by atoms with Gasteiger partial charge in [-0.2, -0.15) is 13.2 Å². The Labute approximate surface area is 129 Å². The van der Waals surface area contributed by atoms with E-state index in [4.69, 9.17) is 0 Å². The Morgan fingerprint density at radius 3 is 1.35 bits per heavy atom. The summed E-state index contributed by atoms with van der Waals surface area (Å²) < 4.78 is 37.4. The van der Waals surface area contributed by atoms with Crippen molar-refractivity contribution in [2.75, 3.05) is 0 Å². The second-order valence-electron chi connectivity index (χ2n) is 7.12. The van der Waals surface area contributed by atoms with E-state index in [1.807, 2.05) is 0 Å². The van der Waals surface area contributed by atoms with Crippen LogP contribution in [0.25, 0.3) is 0 Å². The maximum atomic E-state index is 12.5. The summed E-state index contributed by atoms with van der Waals surface area (Å²) in [6.07, 6.45) is -4.15. The summed E-state index contributed by atoms with van der Waals surface area (Å²) in [7, 11) is -2.45. The maximum Gasteiger partial charge on any atom is 0.389 e. The van der Waals surface area contributed by atoms with E-state index in [1.165, 1.54) is 17.0 Å². The molecule has 0 nitrogen and oxygen atoms in total. The predicted octanol–water partition coefficient (Wildman–Crippen LogP) is 5.66. The van der Waals surface area contributed by atoms with Crippen LogP contribution in [-0.4, -0.2) is 40.6 Å². The normalized spacial score (nSPS) is 13.8. The minimum atomic E-state index is -3.97. The number of hydrogen-bond donors (Lipinski definition) is 0. The van der Waals surface area contributed by atoms with E-state index in [0.29, 0.717) is 6.42 Å². The first-order valence-electron chi connectivity index (χ1n) is 7.40. The fourth-order valence-corrected chi connectivity index (χ4v) is 29.3. The molecule has 0 bridgehead atoms. The molecule has 0 aromatic carbocycles. The standard InChI is InChI=1S/C13H30F3Si4/c1-17(2)10-20(11-18(3)4,12-19(5)6)9-7-8-13(14,15)16/h7-12H2,1-6H3. The topological polar surface area (TPSA) is 0 Å². The first-order valence-corrected chi connectivity index (χ1v) is 18.3. The van der Waals surface area contributed by atoms with Crippen LogP contribution in [0.2, 0.25) is 62.3 Å². The van der Waals surface area contributed by atoms with E-state index < -0.39 is 20.7 Å². The first kappa shape index (κ1) is 20.7. The van der Waals surface area contributed by atoms with Gasteiger partial charge < -0.3 is 0 Å². The lowest BCUT2D eigenvalue weighted by Crippen LogP contribution is -2.44. The summed E-state index contributed by atoms with van der Waals surface area (Å²) in [6, 6.07) is 0.925. The highest BCUT2D eigenvalue weighted by atomic mass is 28.4. The van der Waals surface area contributed by atoms with Gasteiger partial charge >= 0.3 is 6.18 Å². The third-order valence-corrected chi connectivity index (χ3v) is 22.3. The molecule has 0 aromatic heterocycles. The van der Waals surface area contributed by atoms with Gasteiger partial charge in [0.15, 0.2) is 0 Å². The molecule has 0 fully saturated rings. The Balaban J connectivity index is 4.86. The molecule has 0 aromatic rings. The smallest absolute Gasteiger partial charge is 0.171 e. The summed E-state index contributed by atoms with van der Waals surface area (Å²) >= 11 is 0. The highest BCUT2D eigenvalue weighted by Gasteiger charge is 2.36. The van der Waals surface area contributed by atoms with Crippen LogP contribution in [-0.2, 0) is 0 Å². The molecule has 0 heterocycles. The summed E-state index contributed by atoms with van der Waals surface area (Å²) in [5, 5.41) is 0. The van der Waals surface area contributed by atoms with Crippen molar-refractivity contribution in [1.82, 2.24) is 0 Å². The van der Waals surface area contributed by atoms with Crippen LogP contribution in [0.3, 0.4) is 0 Å². The third-order valence-electron chi connectivity index (χ3n) is 3.35. The molecule has 0 aliphatic heterocycles. The second-order valence-corrected chi connectivity index (χ2v) is 22.1. The molecule has 0 aliphatic rings. The summed E-state index contributed by atoms with van der Waals surface area (Å²) in [5.41, 5.74) is 4.00. The van der Waals surface area contributed by atoms with Gasteiger partial charge in [0.25, 0.3) is 0 Å². The Kier molecular flexibility index (Phi) is 9.24. The molecule has 119 valence electrons. The molecule has 0 N–H and O–H groups in total. The zero-order valence-electron chi connectivity index (χ0n) is 13.9. The minimum Gasteiger partial charge on any atom is -0.171 e. The molecular weight excluding hydrogens is 325 g/mol. The zero-order valence-corrected chi connectivity index (χ0v) is 17.9. The molecule has 0 amide bonds. The second kappa shape index (κ2) is 8.95. The van der Waals surface area contributed by atoms with Crippen LogP contribution in [0.5, 0.6) is 0 Å². The van der Waals surface area contributed by atoms with Gasteiger partial charge in [0.2, 0.25) is 0 Å². The molecule has 0 spiro atoms. The molecule has 0 saturated carbocycles. The van der Waals surface area contributed by atoms with Crippen molar-refractivity contribution in [2.45, 2.75) is 81.3 Å². The van der Waals surface area contributed by atoms with Gasteiger partial charge in [-0.3, -0.25) is 0 Å². The van der Waals surface area contributed by atoms with Crippen molar-refractivity contribution < 1.29 is 13.2 Å². The van der Waals surface area contributed by atoms with Crippen LogP contribution in [0.4, 0.5) is 13.2 Å². The first-order chi connectivity index (χ1) is 8.96. The largest absolute Gasteiger partial charge is 0.389 e. The van der Waals surface area contributed by atoms with E-state index in [2.05, 4.69) is 39.3 Å². The number of hydrogen-bond acceptors (Lipinski definition) is 0. The molecule has 0 aliphatic carbocycles. The van der Waals surface area contributed by atoms with Crippen molar-refractivity contribution in [3.8, 4) is 0 Å². The van der Waals surface area contributed by atoms with Crippen LogP contribution in [0, 0.1) is 0 Å². The fraction of sp³-hybridized carbons (Fsp3) is 1.00. The highest BCUT2D eigenvalue weighted by Crippen LogP contribution is 2.33. The maximum absolute atomic E-state index is 12.5. The van der Waals surface area contributed by atoms with Gasteiger partial charge in [-0.15, -0.1) is 0 Å². The van der Waals surface area contributed by atoms with Crippen molar-refractivity contribution in [3.05, 3.63) is 0 Å². The summed E-state index contributed by atoms with van der Waals surface area (Å²) in [4.78, 5) is 0. The molecule has 0 unspecified atom stereocenters. The Morgan fingerprint density at radius 2 is 1.10 bits per heavy atom. The van der Waals surface area contributed by atoms with Gasteiger partial charge in [-0.05, 0) is 6.42 Å². The number of alkyl halides is 3. The van der Waals surface area contributed by atoms with E-state index in [9.17, 15) is 13.2 Å². The quantitative estimate of drug-likeness (QED) is 0.468. The van der Waals surface area contributed by atoms with Crippen molar-refractivity contribution in [3.63, 3.8) is 0 Å². The van der Waals surface area contributed by atoms with Gasteiger partial charge in [0.1, 0.15) is 0 Å². The predicted molar refractivity (Wildman–Crippen MR) is 92.7 cm³/mol. The number of halogens is 3. The van der Waals surface area contributed by atoms with Gasteiger partial charge in [-0.1, -0.05) is 62.3 Å². The zero-order chi connectivity index (χ0) is 16.0. The Morgan fingerprint density at radius 1 is 0.750 bits per heavy atom. The number of rotatable bonds is 9. The molecule has 0 atom stereocenters. The van der Waals surface area contributed by atoms with Gasteiger partial charge in [-0.25, -0.2) is 0 Å². The Bertz CT molecular complexity index is 238. The third kappa shape index (κ3) is 10.4. The van der Waals surface area contributed by atoms with Crippen molar-refractivity contribution >= 4 is 34.5 Å². The SMILES string of the molecule is C[Si](C)C[Si](CCCC(F)(F)F)(C[Si](C)C)C[Si](C)C. The minimum absolute atomic E-state index is 0.333. The lowest BCUT2D eigenvalue weighted by atomic mass is 10.3. The fourth-order valence-electron chi connectivity index (χ4n) is 3.37. The van der Waals surface area contributed by atoms with E-state index in [0.717, 1.165) is 6.04 Å². The molecule has 3 radical (unpaired) electrons. The summed E-state index contributed by atoms with van der Waals surface area (Å²) in [5.74, 6) is 0. The van der Waals surface area contributed by atoms with Gasteiger partial charge in [0, 0.05) is 40.9 Å². The van der Waals surface area contributed by atoms with E-state index in [-0.39, 0.29) is 26.4 Å². The average Bonchev–Trinajstić information content (AvgIpc) is 2.10. The average molecular weight is 356 g/mol. The van der Waals surface area contributed by atoms with E-state index >= 15 is 0 Å². The van der Waals surface area contributed by atoms with Crippen LogP contribution >= 0.6 is 0 Å². The Hall–Kier alpha value is 0.658. The van der Waals surface area contributed by atoms with Crippen LogP contribution in [0.15, 0.2) is 0 Å². The molecular formula is C13H30F3Si4. The van der Waals surface area contributed by atoms with Crippen molar-refractivity contribution in [1.29, 1.82) is 0 Å². The van der Waals surface area contributed by atoms with Crippen LogP contribution < -0.4 is 0 Å².